The van der Waals surface area contributed by atoms with Crippen molar-refractivity contribution in [1.29, 1.82) is 0 Å². The molecule has 3 heterocycles. The summed E-state index contributed by atoms with van der Waals surface area (Å²) < 4.78 is 28.8. The van der Waals surface area contributed by atoms with Crippen molar-refractivity contribution >= 4 is 9.84 Å². The molecule has 2 atom stereocenters. The lowest BCUT2D eigenvalue weighted by atomic mass is 9.99. The zero-order chi connectivity index (χ0) is 13.3. The van der Waals surface area contributed by atoms with Gasteiger partial charge in [0.05, 0.1) is 11.0 Å². The molecule has 1 aromatic heterocycles. The van der Waals surface area contributed by atoms with Gasteiger partial charge < -0.3 is 9.84 Å². The fourth-order valence-electron chi connectivity index (χ4n) is 2.87. The van der Waals surface area contributed by atoms with Crippen LogP contribution in [0.5, 0.6) is 0 Å². The van der Waals surface area contributed by atoms with E-state index in [-0.39, 0.29) is 5.25 Å². The molecule has 1 N–H and O–H groups in total. The van der Waals surface area contributed by atoms with Gasteiger partial charge in [-0.3, -0.25) is 0 Å². The van der Waals surface area contributed by atoms with Crippen LogP contribution in [0.1, 0.15) is 43.3 Å². The molecule has 1 aromatic rings. The summed E-state index contributed by atoms with van der Waals surface area (Å²) in [5.74, 6) is 1.78. The van der Waals surface area contributed by atoms with Gasteiger partial charge in [0.15, 0.2) is 15.7 Å². The first-order chi connectivity index (χ1) is 9.15. The van der Waals surface area contributed by atoms with E-state index >= 15 is 0 Å². The molecular weight excluding hydrogens is 266 g/mol. The van der Waals surface area contributed by atoms with Crippen LogP contribution in [-0.2, 0) is 16.3 Å². The van der Waals surface area contributed by atoms with Crippen LogP contribution in [0.3, 0.4) is 0 Å². The monoisotopic (exact) mass is 285 g/mol. The van der Waals surface area contributed by atoms with Crippen LogP contribution in [0.25, 0.3) is 0 Å². The average Bonchev–Trinajstić information content (AvgIpc) is 2.99. The highest BCUT2D eigenvalue weighted by Crippen LogP contribution is 2.25. The summed E-state index contributed by atoms with van der Waals surface area (Å²) in [5, 5.41) is 6.99. The number of hydrogen-bond donors (Lipinski definition) is 1. The third kappa shape index (κ3) is 2.81. The predicted molar refractivity (Wildman–Crippen MR) is 69.7 cm³/mol. The second-order valence-corrected chi connectivity index (χ2v) is 7.83. The van der Waals surface area contributed by atoms with Crippen molar-refractivity contribution in [3.05, 3.63) is 11.7 Å². The molecule has 6 nitrogen and oxygen atoms in total. The summed E-state index contributed by atoms with van der Waals surface area (Å²) >= 11 is 0. The minimum Gasteiger partial charge on any atom is -0.339 e. The Labute approximate surface area is 112 Å². The van der Waals surface area contributed by atoms with Gasteiger partial charge in [-0.1, -0.05) is 5.16 Å². The molecule has 2 unspecified atom stereocenters. The molecular formula is C12H19N3O3S. The minimum atomic E-state index is -2.94. The highest BCUT2D eigenvalue weighted by Gasteiger charge is 2.33. The molecule has 0 saturated carbocycles. The number of sulfone groups is 1. The van der Waals surface area contributed by atoms with Crippen LogP contribution in [-0.4, -0.2) is 42.7 Å². The van der Waals surface area contributed by atoms with Gasteiger partial charge in [-0.25, -0.2) is 8.42 Å². The molecule has 7 heteroatoms. The van der Waals surface area contributed by atoms with Gasteiger partial charge in [0.1, 0.15) is 0 Å². The van der Waals surface area contributed by atoms with E-state index in [2.05, 4.69) is 15.5 Å². The zero-order valence-corrected chi connectivity index (χ0v) is 11.7. The maximum atomic E-state index is 11.8. The van der Waals surface area contributed by atoms with Gasteiger partial charge in [-0.15, -0.1) is 0 Å². The Kier molecular flexibility index (Phi) is 3.58. The lowest BCUT2D eigenvalue weighted by Crippen LogP contribution is -2.29. The zero-order valence-electron chi connectivity index (χ0n) is 10.8. The van der Waals surface area contributed by atoms with E-state index in [1.807, 2.05) is 0 Å². The van der Waals surface area contributed by atoms with E-state index in [1.54, 1.807) is 0 Å². The van der Waals surface area contributed by atoms with Gasteiger partial charge in [-0.05, 0) is 32.2 Å². The highest BCUT2D eigenvalue weighted by atomic mass is 32.2. The molecule has 3 rings (SSSR count). The first-order valence-corrected chi connectivity index (χ1v) is 8.61. The van der Waals surface area contributed by atoms with Crippen molar-refractivity contribution in [1.82, 2.24) is 15.5 Å². The number of hydrogen-bond acceptors (Lipinski definition) is 6. The molecule has 0 radical (unpaired) electrons. The lowest BCUT2D eigenvalue weighted by molar-refractivity contribution is 0.359. The summed E-state index contributed by atoms with van der Waals surface area (Å²) in [6.07, 6.45) is 4.01. The number of nitrogens with zero attached hydrogens (tertiary/aromatic N) is 2. The quantitative estimate of drug-likeness (QED) is 0.878. The third-order valence-corrected chi connectivity index (χ3v) is 6.29. The first kappa shape index (κ1) is 13.1. The maximum Gasteiger partial charge on any atom is 0.227 e. The summed E-state index contributed by atoms with van der Waals surface area (Å²) in [5.41, 5.74) is 0. The molecule has 0 aliphatic carbocycles. The molecule has 0 aromatic carbocycles. The maximum absolute atomic E-state index is 11.8. The number of aromatic nitrogens is 2. The Morgan fingerprint density at radius 1 is 1.32 bits per heavy atom. The van der Waals surface area contributed by atoms with E-state index in [9.17, 15) is 8.42 Å². The van der Waals surface area contributed by atoms with Crippen molar-refractivity contribution in [3.63, 3.8) is 0 Å². The van der Waals surface area contributed by atoms with Crippen LogP contribution in [0.15, 0.2) is 4.52 Å². The molecule has 2 aliphatic heterocycles. The van der Waals surface area contributed by atoms with E-state index in [0.29, 0.717) is 30.4 Å². The van der Waals surface area contributed by atoms with Gasteiger partial charge in [0.2, 0.25) is 5.89 Å². The summed E-state index contributed by atoms with van der Waals surface area (Å²) in [6, 6.07) is 0. The molecule has 0 amide bonds. The van der Waals surface area contributed by atoms with Crippen molar-refractivity contribution in [3.8, 4) is 0 Å². The second kappa shape index (κ2) is 5.20. The van der Waals surface area contributed by atoms with Crippen molar-refractivity contribution in [2.75, 3.05) is 18.8 Å². The first-order valence-electron chi connectivity index (χ1n) is 6.90. The summed E-state index contributed by atoms with van der Waals surface area (Å²) in [4.78, 5) is 4.38. The van der Waals surface area contributed by atoms with Gasteiger partial charge in [0, 0.05) is 18.9 Å². The Morgan fingerprint density at radius 3 is 2.89 bits per heavy atom. The number of piperidine rings is 1. The van der Waals surface area contributed by atoms with Crippen LogP contribution in [0, 0.1) is 0 Å². The topological polar surface area (TPSA) is 85.1 Å². The predicted octanol–water partition coefficient (Wildman–Crippen LogP) is 0.656. The Bertz CT molecular complexity index is 534. The molecule has 0 bridgehead atoms. The van der Waals surface area contributed by atoms with E-state index in [4.69, 9.17) is 4.52 Å². The Morgan fingerprint density at radius 2 is 2.21 bits per heavy atom. The summed E-state index contributed by atoms with van der Waals surface area (Å²) in [7, 11) is -2.94. The van der Waals surface area contributed by atoms with Crippen LogP contribution >= 0.6 is 0 Å². The highest BCUT2D eigenvalue weighted by molar-refractivity contribution is 7.92. The minimum absolute atomic E-state index is 0.297. The smallest absolute Gasteiger partial charge is 0.227 e. The second-order valence-electron chi connectivity index (χ2n) is 5.42. The van der Waals surface area contributed by atoms with Crippen molar-refractivity contribution in [2.24, 2.45) is 0 Å². The fraction of sp³-hybridized carbons (Fsp3) is 0.833. The lowest BCUT2D eigenvalue weighted by Gasteiger charge is -2.19. The SMILES string of the molecule is O=S1(=O)CCCC1Cc1nc(C2CCCNC2)no1. The standard InChI is InChI=1S/C12H19N3O3S/c16-19(17)6-2-4-10(19)7-11-14-12(15-18-11)9-3-1-5-13-8-9/h9-10,13H,1-8H2. The van der Waals surface area contributed by atoms with Crippen LogP contribution in [0.2, 0.25) is 0 Å². The number of nitrogens with one attached hydrogen (secondary N) is 1. The molecule has 2 saturated heterocycles. The van der Waals surface area contributed by atoms with E-state index in [0.717, 1.165) is 38.2 Å². The Hall–Kier alpha value is -0.950. The molecule has 2 fully saturated rings. The summed E-state index contributed by atoms with van der Waals surface area (Å²) in [6.45, 7) is 1.92. The van der Waals surface area contributed by atoms with Crippen LogP contribution < -0.4 is 5.32 Å². The average molecular weight is 285 g/mol. The van der Waals surface area contributed by atoms with Crippen molar-refractivity contribution in [2.45, 2.75) is 43.3 Å². The largest absolute Gasteiger partial charge is 0.339 e. The molecule has 19 heavy (non-hydrogen) atoms. The number of rotatable bonds is 3. The normalized spacial score (nSPS) is 30.5. The van der Waals surface area contributed by atoms with E-state index < -0.39 is 9.84 Å². The van der Waals surface area contributed by atoms with E-state index in [1.165, 1.54) is 0 Å². The molecule has 2 aliphatic rings. The molecule has 0 spiro atoms. The van der Waals surface area contributed by atoms with Gasteiger partial charge in [-0.2, -0.15) is 4.98 Å². The van der Waals surface area contributed by atoms with Gasteiger partial charge in [0.25, 0.3) is 0 Å². The van der Waals surface area contributed by atoms with Crippen LogP contribution in [0.4, 0.5) is 0 Å². The third-order valence-electron chi connectivity index (χ3n) is 4.01. The van der Waals surface area contributed by atoms with Crippen molar-refractivity contribution < 1.29 is 12.9 Å². The van der Waals surface area contributed by atoms with Gasteiger partial charge >= 0.3 is 0 Å². The fourth-order valence-corrected chi connectivity index (χ4v) is 4.70. The Balaban J connectivity index is 1.68. The molecule has 106 valence electrons.